The number of hydrogen-bond donors (Lipinski definition) is 2. The Bertz CT molecular complexity index is 295. The summed E-state index contributed by atoms with van der Waals surface area (Å²) in [5.74, 6) is 0. The van der Waals surface area contributed by atoms with Crippen molar-refractivity contribution in [1.29, 1.82) is 0 Å². The van der Waals surface area contributed by atoms with Crippen molar-refractivity contribution in [3.05, 3.63) is 35.4 Å². The van der Waals surface area contributed by atoms with Crippen molar-refractivity contribution in [3.8, 4) is 0 Å². The molecular formula is C13H21NO. The van der Waals surface area contributed by atoms with Crippen LogP contribution in [0.3, 0.4) is 0 Å². The fourth-order valence-electron chi connectivity index (χ4n) is 1.66. The molecule has 1 aromatic carbocycles. The van der Waals surface area contributed by atoms with Crippen LogP contribution in [0.15, 0.2) is 24.3 Å². The van der Waals surface area contributed by atoms with E-state index in [-0.39, 0.29) is 11.6 Å². The monoisotopic (exact) mass is 207 g/mol. The van der Waals surface area contributed by atoms with Crippen molar-refractivity contribution in [3.63, 3.8) is 0 Å². The van der Waals surface area contributed by atoms with E-state index in [1.165, 1.54) is 11.1 Å². The predicted octanol–water partition coefficient (Wildman–Crippen LogP) is 1.89. The minimum Gasteiger partial charge on any atom is -0.393 e. The van der Waals surface area contributed by atoms with E-state index in [4.69, 9.17) is 5.73 Å². The van der Waals surface area contributed by atoms with Crippen LogP contribution in [0.2, 0.25) is 0 Å². The van der Waals surface area contributed by atoms with Crippen molar-refractivity contribution >= 4 is 0 Å². The first-order valence-corrected chi connectivity index (χ1v) is 5.41. The van der Waals surface area contributed by atoms with Crippen LogP contribution in [-0.2, 0) is 12.8 Å². The van der Waals surface area contributed by atoms with E-state index in [1.54, 1.807) is 6.92 Å². The highest BCUT2D eigenvalue weighted by molar-refractivity contribution is 5.24. The lowest BCUT2D eigenvalue weighted by Gasteiger charge is -2.18. The van der Waals surface area contributed by atoms with Gasteiger partial charge in [0.25, 0.3) is 0 Å². The van der Waals surface area contributed by atoms with Crippen LogP contribution in [0.4, 0.5) is 0 Å². The van der Waals surface area contributed by atoms with Crippen molar-refractivity contribution < 1.29 is 5.11 Å². The molecule has 0 aromatic heterocycles. The van der Waals surface area contributed by atoms with Crippen LogP contribution in [-0.4, -0.2) is 16.7 Å². The highest BCUT2D eigenvalue weighted by Gasteiger charge is 2.11. The molecule has 0 fully saturated rings. The molecule has 1 rings (SSSR count). The van der Waals surface area contributed by atoms with Crippen LogP contribution in [0.25, 0.3) is 0 Å². The Balaban J connectivity index is 2.64. The molecule has 0 spiro atoms. The molecule has 1 unspecified atom stereocenters. The fraction of sp³-hybridized carbons (Fsp3) is 0.538. The summed E-state index contributed by atoms with van der Waals surface area (Å²) >= 11 is 0. The van der Waals surface area contributed by atoms with Crippen molar-refractivity contribution in [2.45, 2.75) is 45.3 Å². The van der Waals surface area contributed by atoms with Crippen molar-refractivity contribution in [1.82, 2.24) is 0 Å². The molecule has 2 heteroatoms. The molecule has 0 amide bonds. The Morgan fingerprint density at radius 1 is 1.20 bits per heavy atom. The zero-order valence-corrected chi connectivity index (χ0v) is 9.83. The van der Waals surface area contributed by atoms with Gasteiger partial charge in [0, 0.05) is 5.54 Å². The Labute approximate surface area is 92.1 Å². The lowest BCUT2D eigenvalue weighted by atomic mass is 9.95. The van der Waals surface area contributed by atoms with Gasteiger partial charge < -0.3 is 10.8 Å². The Hall–Kier alpha value is -0.860. The molecule has 0 aliphatic carbocycles. The second kappa shape index (κ2) is 4.77. The summed E-state index contributed by atoms with van der Waals surface area (Å²) in [5.41, 5.74) is 8.20. The molecule has 0 heterocycles. The quantitative estimate of drug-likeness (QED) is 0.792. The maximum atomic E-state index is 9.24. The molecule has 3 N–H and O–H groups in total. The minimum absolute atomic E-state index is 0.161. The maximum absolute atomic E-state index is 9.24. The average molecular weight is 207 g/mol. The molecular weight excluding hydrogens is 186 g/mol. The van der Waals surface area contributed by atoms with Crippen molar-refractivity contribution in [2.24, 2.45) is 5.73 Å². The molecule has 1 atom stereocenters. The van der Waals surface area contributed by atoms with E-state index in [0.717, 1.165) is 6.42 Å². The largest absolute Gasteiger partial charge is 0.393 e. The molecule has 0 radical (unpaired) electrons. The van der Waals surface area contributed by atoms with E-state index in [2.05, 4.69) is 24.3 Å². The van der Waals surface area contributed by atoms with Gasteiger partial charge in [0.2, 0.25) is 0 Å². The first-order valence-electron chi connectivity index (χ1n) is 5.41. The van der Waals surface area contributed by atoms with Gasteiger partial charge in [0.05, 0.1) is 6.10 Å². The van der Waals surface area contributed by atoms with Crippen LogP contribution in [0.5, 0.6) is 0 Å². The molecule has 0 aliphatic rings. The van der Waals surface area contributed by atoms with Gasteiger partial charge in [-0.15, -0.1) is 0 Å². The van der Waals surface area contributed by atoms with Crippen LogP contribution in [0, 0.1) is 0 Å². The number of aliphatic hydroxyl groups is 1. The Morgan fingerprint density at radius 2 is 1.67 bits per heavy atom. The van der Waals surface area contributed by atoms with Crippen LogP contribution >= 0.6 is 0 Å². The third kappa shape index (κ3) is 4.96. The van der Waals surface area contributed by atoms with E-state index in [9.17, 15) is 5.11 Å². The number of hydrogen-bond acceptors (Lipinski definition) is 2. The minimum atomic E-state index is -0.276. The molecule has 15 heavy (non-hydrogen) atoms. The molecule has 0 bridgehead atoms. The lowest BCUT2D eigenvalue weighted by Crippen LogP contribution is -2.34. The summed E-state index contributed by atoms with van der Waals surface area (Å²) in [7, 11) is 0. The Kier molecular flexibility index (Phi) is 3.89. The van der Waals surface area contributed by atoms with Gasteiger partial charge in [-0.05, 0) is 44.7 Å². The zero-order valence-electron chi connectivity index (χ0n) is 9.83. The molecule has 0 aliphatic heterocycles. The van der Waals surface area contributed by atoms with E-state index in [1.807, 2.05) is 13.8 Å². The topological polar surface area (TPSA) is 46.2 Å². The summed E-state index contributed by atoms with van der Waals surface area (Å²) in [4.78, 5) is 0. The number of aliphatic hydroxyl groups excluding tert-OH is 1. The molecule has 1 aromatic rings. The van der Waals surface area contributed by atoms with Crippen LogP contribution < -0.4 is 5.73 Å². The summed E-state index contributed by atoms with van der Waals surface area (Å²) in [6, 6.07) is 8.31. The van der Waals surface area contributed by atoms with Crippen LogP contribution in [0.1, 0.15) is 31.9 Å². The second-order valence-electron chi connectivity index (χ2n) is 5.03. The first kappa shape index (κ1) is 12.2. The summed E-state index contributed by atoms with van der Waals surface area (Å²) in [6.45, 7) is 5.85. The van der Waals surface area contributed by atoms with E-state index >= 15 is 0 Å². The SMILES string of the molecule is CC(O)Cc1ccc(CC(C)(C)N)cc1. The summed E-state index contributed by atoms with van der Waals surface area (Å²) < 4.78 is 0. The highest BCUT2D eigenvalue weighted by atomic mass is 16.3. The van der Waals surface area contributed by atoms with Gasteiger partial charge in [0.15, 0.2) is 0 Å². The smallest absolute Gasteiger partial charge is 0.0552 e. The number of nitrogens with two attached hydrogens (primary N) is 1. The number of rotatable bonds is 4. The Morgan fingerprint density at radius 3 is 2.07 bits per heavy atom. The summed E-state index contributed by atoms with van der Waals surface area (Å²) in [5, 5.41) is 9.24. The first-order chi connectivity index (χ1) is 6.87. The van der Waals surface area contributed by atoms with E-state index in [0.29, 0.717) is 6.42 Å². The summed E-state index contributed by atoms with van der Waals surface area (Å²) in [6.07, 6.45) is 1.32. The fourth-order valence-corrected chi connectivity index (χ4v) is 1.66. The molecule has 2 nitrogen and oxygen atoms in total. The van der Waals surface area contributed by atoms with Gasteiger partial charge in [0.1, 0.15) is 0 Å². The van der Waals surface area contributed by atoms with Gasteiger partial charge in [-0.25, -0.2) is 0 Å². The average Bonchev–Trinajstić information content (AvgIpc) is 2.05. The van der Waals surface area contributed by atoms with E-state index < -0.39 is 0 Å². The normalized spacial score (nSPS) is 13.9. The lowest BCUT2D eigenvalue weighted by molar-refractivity contribution is 0.195. The number of benzene rings is 1. The van der Waals surface area contributed by atoms with Gasteiger partial charge >= 0.3 is 0 Å². The predicted molar refractivity (Wildman–Crippen MR) is 63.8 cm³/mol. The maximum Gasteiger partial charge on any atom is 0.0552 e. The molecule has 84 valence electrons. The van der Waals surface area contributed by atoms with Gasteiger partial charge in [-0.3, -0.25) is 0 Å². The van der Waals surface area contributed by atoms with Gasteiger partial charge in [-0.1, -0.05) is 24.3 Å². The second-order valence-corrected chi connectivity index (χ2v) is 5.03. The third-order valence-corrected chi connectivity index (χ3v) is 2.21. The molecule has 0 saturated heterocycles. The standard InChI is InChI=1S/C13H21NO/c1-10(15)8-11-4-6-12(7-5-11)9-13(2,3)14/h4-7,10,15H,8-9,14H2,1-3H3. The molecule has 0 saturated carbocycles. The third-order valence-electron chi connectivity index (χ3n) is 2.21. The zero-order chi connectivity index (χ0) is 11.5. The van der Waals surface area contributed by atoms with Crippen molar-refractivity contribution in [2.75, 3.05) is 0 Å². The van der Waals surface area contributed by atoms with Gasteiger partial charge in [-0.2, -0.15) is 0 Å². The highest BCUT2D eigenvalue weighted by Crippen LogP contribution is 2.12.